The van der Waals surface area contributed by atoms with E-state index in [2.05, 4.69) is 0 Å². The standard InChI is InChI=1S/C13H14F3NO2/c14-13(15,16)10-5-1-2-6-11(10)17-7-3-4-9(17)8-12(18)19/h1-2,5-6,9H,3-4,7-8H2,(H,18,19). The molecule has 0 aliphatic carbocycles. The number of nitrogens with zero attached hydrogens (tertiary/aromatic N) is 1. The van der Waals surface area contributed by atoms with Crippen molar-refractivity contribution in [1.29, 1.82) is 0 Å². The topological polar surface area (TPSA) is 40.5 Å². The molecule has 0 amide bonds. The molecule has 0 spiro atoms. The summed E-state index contributed by atoms with van der Waals surface area (Å²) in [4.78, 5) is 12.3. The Bertz CT molecular complexity index is 473. The van der Waals surface area contributed by atoms with Crippen molar-refractivity contribution in [2.45, 2.75) is 31.5 Å². The molecule has 1 N–H and O–H groups in total. The Morgan fingerprint density at radius 2 is 2.05 bits per heavy atom. The van der Waals surface area contributed by atoms with E-state index in [0.29, 0.717) is 19.4 Å². The van der Waals surface area contributed by atoms with E-state index >= 15 is 0 Å². The highest BCUT2D eigenvalue weighted by Gasteiger charge is 2.37. The maximum absolute atomic E-state index is 12.9. The quantitative estimate of drug-likeness (QED) is 0.919. The van der Waals surface area contributed by atoms with Gasteiger partial charge in [0.2, 0.25) is 0 Å². The zero-order chi connectivity index (χ0) is 14.0. The fraction of sp³-hybridized carbons (Fsp3) is 0.462. The predicted octanol–water partition coefficient (Wildman–Crippen LogP) is 3.15. The van der Waals surface area contributed by atoms with Gasteiger partial charge in [-0.15, -0.1) is 0 Å². The van der Waals surface area contributed by atoms with Crippen LogP contribution < -0.4 is 4.90 Å². The first kappa shape index (κ1) is 13.7. The molecular weight excluding hydrogens is 259 g/mol. The lowest BCUT2D eigenvalue weighted by Gasteiger charge is -2.28. The van der Waals surface area contributed by atoms with Crippen molar-refractivity contribution in [3.05, 3.63) is 29.8 Å². The lowest BCUT2D eigenvalue weighted by Crippen LogP contribution is -2.32. The van der Waals surface area contributed by atoms with Crippen LogP contribution in [-0.4, -0.2) is 23.7 Å². The van der Waals surface area contributed by atoms with E-state index in [1.165, 1.54) is 12.1 Å². The number of halogens is 3. The summed E-state index contributed by atoms with van der Waals surface area (Å²) in [5.74, 6) is -0.985. The minimum atomic E-state index is -4.42. The largest absolute Gasteiger partial charge is 0.481 e. The summed E-state index contributed by atoms with van der Waals surface area (Å²) in [6.45, 7) is 0.463. The number of rotatable bonds is 3. The number of alkyl halides is 3. The van der Waals surface area contributed by atoms with Gasteiger partial charge in [0.25, 0.3) is 0 Å². The molecule has 1 atom stereocenters. The summed E-state index contributed by atoms with van der Waals surface area (Å²) >= 11 is 0. The molecule has 0 aromatic heterocycles. The van der Waals surface area contributed by atoms with E-state index in [1.54, 1.807) is 11.0 Å². The maximum atomic E-state index is 12.9. The molecule has 104 valence electrons. The summed E-state index contributed by atoms with van der Waals surface area (Å²) in [5.41, 5.74) is -0.619. The van der Waals surface area contributed by atoms with Crippen LogP contribution in [-0.2, 0) is 11.0 Å². The molecule has 19 heavy (non-hydrogen) atoms. The summed E-state index contributed by atoms with van der Waals surface area (Å²) in [7, 11) is 0. The summed E-state index contributed by atoms with van der Waals surface area (Å²) in [6.07, 6.45) is -3.23. The number of carboxylic acid groups (broad SMARTS) is 1. The Labute approximate surface area is 108 Å². The molecule has 2 rings (SSSR count). The summed E-state index contributed by atoms with van der Waals surface area (Å²) in [5, 5.41) is 8.82. The molecule has 0 bridgehead atoms. The van der Waals surface area contributed by atoms with Crippen LogP contribution in [0.5, 0.6) is 0 Å². The lowest BCUT2D eigenvalue weighted by atomic mass is 10.1. The van der Waals surface area contributed by atoms with E-state index in [9.17, 15) is 18.0 Å². The van der Waals surface area contributed by atoms with Gasteiger partial charge in [-0.1, -0.05) is 12.1 Å². The summed E-state index contributed by atoms with van der Waals surface area (Å²) < 4.78 is 38.8. The fourth-order valence-electron chi connectivity index (χ4n) is 2.53. The smallest absolute Gasteiger partial charge is 0.418 e. The van der Waals surface area contributed by atoms with Crippen molar-refractivity contribution >= 4 is 11.7 Å². The average molecular weight is 273 g/mol. The number of anilines is 1. The van der Waals surface area contributed by atoms with Gasteiger partial charge in [-0.05, 0) is 25.0 Å². The van der Waals surface area contributed by atoms with Crippen molar-refractivity contribution in [1.82, 2.24) is 0 Å². The van der Waals surface area contributed by atoms with Crippen molar-refractivity contribution in [3.63, 3.8) is 0 Å². The number of carbonyl (C=O) groups is 1. The van der Waals surface area contributed by atoms with Crippen molar-refractivity contribution in [2.75, 3.05) is 11.4 Å². The highest BCUT2D eigenvalue weighted by atomic mass is 19.4. The van der Waals surface area contributed by atoms with Crippen LogP contribution in [0, 0.1) is 0 Å². The molecule has 1 aliphatic heterocycles. The van der Waals surface area contributed by atoms with Crippen molar-refractivity contribution in [2.24, 2.45) is 0 Å². The van der Waals surface area contributed by atoms with Gasteiger partial charge in [0.05, 0.1) is 12.0 Å². The van der Waals surface area contributed by atoms with Crippen LogP contribution in [0.4, 0.5) is 18.9 Å². The first-order chi connectivity index (χ1) is 8.89. The Kier molecular flexibility index (Phi) is 3.68. The molecule has 1 saturated heterocycles. The monoisotopic (exact) mass is 273 g/mol. The Hall–Kier alpha value is -1.72. The predicted molar refractivity (Wildman–Crippen MR) is 64.1 cm³/mol. The number of para-hydroxylation sites is 1. The van der Waals surface area contributed by atoms with Gasteiger partial charge in [-0.2, -0.15) is 13.2 Å². The van der Waals surface area contributed by atoms with Gasteiger partial charge in [-0.25, -0.2) is 0 Å². The van der Waals surface area contributed by atoms with E-state index < -0.39 is 17.7 Å². The molecule has 0 saturated carbocycles. The van der Waals surface area contributed by atoms with Crippen molar-refractivity contribution < 1.29 is 23.1 Å². The average Bonchev–Trinajstić information content (AvgIpc) is 2.75. The minimum Gasteiger partial charge on any atom is -0.481 e. The van der Waals surface area contributed by atoms with Gasteiger partial charge in [0.1, 0.15) is 0 Å². The van der Waals surface area contributed by atoms with Gasteiger partial charge >= 0.3 is 12.1 Å². The molecule has 1 heterocycles. The molecule has 6 heteroatoms. The first-order valence-corrected chi connectivity index (χ1v) is 6.04. The first-order valence-electron chi connectivity index (χ1n) is 6.04. The zero-order valence-electron chi connectivity index (χ0n) is 10.2. The van der Waals surface area contributed by atoms with Crippen LogP contribution in [0.15, 0.2) is 24.3 Å². The van der Waals surface area contributed by atoms with E-state index in [-0.39, 0.29) is 18.2 Å². The maximum Gasteiger partial charge on any atom is 0.418 e. The molecular formula is C13H14F3NO2. The lowest BCUT2D eigenvalue weighted by molar-refractivity contribution is -0.137. The highest BCUT2D eigenvalue weighted by molar-refractivity contribution is 5.69. The number of benzene rings is 1. The van der Waals surface area contributed by atoms with Gasteiger partial charge < -0.3 is 10.0 Å². The van der Waals surface area contributed by atoms with Crippen LogP contribution >= 0.6 is 0 Å². The van der Waals surface area contributed by atoms with Crippen molar-refractivity contribution in [3.8, 4) is 0 Å². The molecule has 1 aromatic carbocycles. The number of hydrogen-bond acceptors (Lipinski definition) is 2. The van der Waals surface area contributed by atoms with E-state index in [1.807, 2.05) is 0 Å². The van der Waals surface area contributed by atoms with Crippen LogP contribution in [0.25, 0.3) is 0 Å². The third kappa shape index (κ3) is 3.00. The third-order valence-corrected chi connectivity index (χ3v) is 3.31. The summed E-state index contributed by atoms with van der Waals surface area (Å²) in [6, 6.07) is 4.96. The second kappa shape index (κ2) is 5.11. The van der Waals surface area contributed by atoms with Crippen LogP contribution in [0.1, 0.15) is 24.8 Å². The molecule has 1 aliphatic rings. The Morgan fingerprint density at radius 1 is 1.37 bits per heavy atom. The number of aliphatic carboxylic acids is 1. The van der Waals surface area contributed by atoms with Gasteiger partial charge in [0.15, 0.2) is 0 Å². The van der Waals surface area contributed by atoms with Crippen LogP contribution in [0.2, 0.25) is 0 Å². The molecule has 1 fully saturated rings. The minimum absolute atomic E-state index is 0.0822. The third-order valence-electron chi connectivity index (χ3n) is 3.31. The van der Waals surface area contributed by atoms with Crippen LogP contribution in [0.3, 0.4) is 0 Å². The van der Waals surface area contributed by atoms with Gasteiger partial charge in [-0.3, -0.25) is 4.79 Å². The highest BCUT2D eigenvalue weighted by Crippen LogP contribution is 2.39. The molecule has 0 radical (unpaired) electrons. The second-order valence-electron chi connectivity index (χ2n) is 4.60. The molecule has 1 unspecified atom stereocenters. The van der Waals surface area contributed by atoms with Gasteiger partial charge in [0, 0.05) is 18.3 Å². The zero-order valence-corrected chi connectivity index (χ0v) is 10.2. The number of carboxylic acids is 1. The Balaban J connectivity index is 2.33. The molecule has 1 aromatic rings. The number of hydrogen-bond donors (Lipinski definition) is 1. The fourth-order valence-corrected chi connectivity index (χ4v) is 2.53. The van der Waals surface area contributed by atoms with E-state index in [0.717, 1.165) is 6.07 Å². The Morgan fingerprint density at radius 3 is 2.68 bits per heavy atom. The SMILES string of the molecule is O=C(O)CC1CCCN1c1ccccc1C(F)(F)F. The molecule has 3 nitrogen and oxygen atoms in total. The second-order valence-corrected chi connectivity index (χ2v) is 4.60. The van der Waals surface area contributed by atoms with E-state index in [4.69, 9.17) is 5.11 Å². The normalized spacial score (nSPS) is 19.7.